The van der Waals surface area contributed by atoms with E-state index in [-0.39, 0.29) is 11.6 Å². The zero-order valence-electron chi connectivity index (χ0n) is 12.2. The van der Waals surface area contributed by atoms with E-state index >= 15 is 0 Å². The Hall–Kier alpha value is -1.06. The van der Waals surface area contributed by atoms with E-state index in [2.05, 4.69) is 37.9 Å². The molecular formula is C16H24N2O. The molecule has 2 aliphatic heterocycles. The quantitative estimate of drug-likeness (QED) is 0.779. The Morgan fingerprint density at radius 2 is 1.95 bits per heavy atom. The lowest BCUT2D eigenvalue weighted by molar-refractivity contribution is -0.0170. The molecule has 1 aromatic carbocycles. The normalized spacial score (nSPS) is 26.0. The first-order valence-electron chi connectivity index (χ1n) is 7.24. The molecule has 19 heavy (non-hydrogen) atoms. The van der Waals surface area contributed by atoms with Crippen molar-refractivity contribution < 1.29 is 4.74 Å². The van der Waals surface area contributed by atoms with Gasteiger partial charge in [0.2, 0.25) is 0 Å². The zero-order chi connectivity index (χ0) is 13.6. The van der Waals surface area contributed by atoms with E-state index in [9.17, 15) is 0 Å². The average molecular weight is 260 g/mol. The van der Waals surface area contributed by atoms with Gasteiger partial charge in [0.1, 0.15) is 11.4 Å². The van der Waals surface area contributed by atoms with Crippen molar-refractivity contribution in [1.82, 2.24) is 4.90 Å². The lowest BCUT2D eigenvalue weighted by Gasteiger charge is -2.46. The van der Waals surface area contributed by atoms with Crippen LogP contribution >= 0.6 is 0 Å². The van der Waals surface area contributed by atoms with E-state index in [0.29, 0.717) is 0 Å². The number of nitrogens with two attached hydrogens (primary N) is 1. The Morgan fingerprint density at radius 3 is 2.63 bits per heavy atom. The van der Waals surface area contributed by atoms with Gasteiger partial charge in [0.15, 0.2) is 0 Å². The molecule has 3 heteroatoms. The SMILES string of the molecule is Cc1ccc2c(c1C)OC1(CCN(C)CC1)CC2N. The van der Waals surface area contributed by atoms with Crippen LogP contribution in [-0.2, 0) is 0 Å². The van der Waals surface area contributed by atoms with Gasteiger partial charge in [-0.2, -0.15) is 0 Å². The number of piperidine rings is 1. The third kappa shape index (κ3) is 2.15. The van der Waals surface area contributed by atoms with Gasteiger partial charge in [0, 0.05) is 31.1 Å². The molecule has 3 rings (SSSR count). The molecule has 0 radical (unpaired) electrons. The molecule has 0 aromatic heterocycles. The highest BCUT2D eigenvalue weighted by molar-refractivity contribution is 5.48. The molecule has 0 saturated carbocycles. The van der Waals surface area contributed by atoms with Crippen LogP contribution in [0.2, 0.25) is 0 Å². The van der Waals surface area contributed by atoms with Crippen LogP contribution in [0.3, 0.4) is 0 Å². The topological polar surface area (TPSA) is 38.5 Å². The number of likely N-dealkylation sites (tertiary alicyclic amines) is 1. The molecule has 0 bridgehead atoms. The molecule has 3 nitrogen and oxygen atoms in total. The highest BCUT2D eigenvalue weighted by atomic mass is 16.5. The van der Waals surface area contributed by atoms with Gasteiger partial charge in [0.25, 0.3) is 0 Å². The van der Waals surface area contributed by atoms with Gasteiger partial charge in [-0.25, -0.2) is 0 Å². The molecule has 1 fully saturated rings. The highest BCUT2D eigenvalue weighted by Crippen LogP contribution is 2.45. The van der Waals surface area contributed by atoms with Crippen molar-refractivity contribution in [3.05, 3.63) is 28.8 Å². The van der Waals surface area contributed by atoms with Gasteiger partial charge in [0.05, 0.1) is 0 Å². The van der Waals surface area contributed by atoms with E-state index in [4.69, 9.17) is 10.5 Å². The fraction of sp³-hybridized carbons (Fsp3) is 0.625. The minimum Gasteiger partial charge on any atom is -0.486 e. The molecule has 104 valence electrons. The van der Waals surface area contributed by atoms with E-state index in [1.165, 1.54) is 16.7 Å². The average Bonchev–Trinajstić information content (AvgIpc) is 2.38. The molecule has 1 spiro atoms. The third-order valence-corrected chi connectivity index (χ3v) is 4.92. The van der Waals surface area contributed by atoms with Crippen LogP contribution in [0.15, 0.2) is 12.1 Å². The maximum Gasteiger partial charge on any atom is 0.128 e. The molecule has 1 aromatic rings. The smallest absolute Gasteiger partial charge is 0.128 e. The lowest BCUT2D eigenvalue weighted by Crippen LogP contribution is -2.50. The third-order valence-electron chi connectivity index (χ3n) is 4.92. The first-order chi connectivity index (χ1) is 9.01. The molecule has 2 aliphatic rings. The molecular weight excluding hydrogens is 236 g/mol. The van der Waals surface area contributed by atoms with Crippen molar-refractivity contribution in [2.24, 2.45) is 5.73 Å². The van der Waals surface area contributed by atoms with Gasteiger partial charge in [-0.1, -0.05) is 12.1 Å². The number of fused-ring (bicyclic) bond motifs is 1. The maximum atomic E-state index is 6.48. The minimum absolute atomic E-state index is 0.0303. The van der Waals surface area contributed by atoms with Crippen molar-refractivity contribution in [3.8, 4) is 5.75 Å². The lowest BCUT2D eigenvalue weighted by atomic mass is 9.80. The largest absolute Gasteiger partial charge is 0.486 e. The Bertz CT molecular complexity index is 490. The number of aryl methyl sites for hydroxylation is 1. The number of hydrogen-bond donors (Lipinski definition) is 1. The number of nitrogens with zero attached hydrogens (tertiary/aromatic N) is 1. The van der Waals surface area contributed by atoms with Crippen molar-refractivity contribution in [2.75, 3.05) is 20.1 Å². The molecule has 1 saturated heterocycles. The number of benzene rings is 1. The zero-order valence-corrected chi connectivity index (χ0v) is 12.2. The van der Waals surface area contributed by atoms with Gasteiger partial charge >= 0.3 is 0 Å². The molecule has 2 heterocycles. The van der Waals surface area contributed by atoms with Gasteiger partial charge in [-0.15, -0.1) is 0 Å². The summed E-state index contributed by atoms with van der Waals surface area (Å²) in [6.45, 7) is 6.50. The summed E-state index contributed by atoms with van der Waals surface area (Å²) in [6.07, 6.45) is 3.13. The Labute approximate surface area is 115 Å². The van der Waals surface area contributed by atoms with Crippen LogP contribution in [0, 0.1) is 13.8 Å². The van der Waals surface area contributed by atoms with E-state index in [1.807, 2.05) is 0 Å². The van der Waals surface area contributed by atoms with Crippen LogP contribution in [-0.4, -0.2) is 30.6 Å². The predicted octanol–water partition coefficient (Wildman–Crippen LogP) is 2.55. The summed E-state index contributed by atoms with van der Waals surface area (Å²) in [5.74, 6) is 1.06. The van der Waals surface area contributed by atoms with Crippen LogP contribution < -0.4 is 10.5 Å². The van der Waals surface area contributed by atoms with Crippen molar-refractivity contribution in [3.63, 3.8) is 0 Å². The standard InChI is InChI=1S/C16H24N2O/c1-11-4-5-13-14(17)10-16(19-15(13)12(11)2)6-8-18(3)9-7-16/h4-5,14H,6-10,17H2,1-3H3. The fourth-order valence-electron chi connectivity index (χ4n) is 3.34. The summed E-state index contributed by atoms with van der Waals surface area (Å²) in [5, 5.41) is 0. The van der Waals surface area contributed by atoms with Gasteiger partial charge in [-0.3, -0.25) is 0 Å². The van der Waals surface area contributed by atoms with Crippen LogP contribution in [0.4, 0.5) is 0 Å². The van der Waals surface area contributed by atoms with Crippen molar-refractivity contribution in [1.29, 1.82) is 0 Å². The predicted molar refractivity (Wildman–Crippen MR) is 77.6 cm³/mol. The van der Waals surface area contributed by atoms with E-state index in [1.54, 1.807) is 0 Å². The Balaban J connectivity index is 1.97. The molecule has 1 unspecified atom stereocenters. The molecule has 1 atom stereocenters. The second-order valence-corrected chi connectivity index (χ2v) is 6.32. The van der Waals surface area contributed by atoms with Crippen LogP contribution in [0.5, 0.6) is 5.75 Å². The summed E-state index contributed by atoms with van der Waals surface area (Å²) < 4.78 is 6.48. The number of rotatable bonds is 0. The monoisotopic (exact) mass is 260 g/mol. The molecule has 0 aliphatic carbocycles. The summed E-state index contributed by atoms with van der Waals surface area (Å²) in [5.41, 5.74) is 10.1. The van der Waals surface area contributed by atoms with Crippen LogP contribution in [0.1, 0.15) is 42.0 Å². The van der Waals surface area contributed by atoms with E-state index < -0.39 is 0 Å². The summed E-state index contributed by atoms with van der Waals surface area (Å²) in [7, 11) is 2.18. The fourth-order valence-corrected chi connectivity index (χ4v) is 3.34. The molecule has 0 amide bonds. The Kier molecular flexibility index (Phi) is 3.06. The minimum atomic E-state index is -0.0303. The second kappa shape index (κ2) is 4.50. The number of ether oxygens (including phenoxy) is 1. The van der Waals surface area contributed by atoms with Crippen molar-refractivity contribution in [2.45, 2.75) is 44.8 Å². The highest BCUT2D eigenvalue weighted by Gasteiger charge is 2.42. The molecule has 2 N–H and O–H groups in total. The first-order valence-corrected chi connectivity index (χ1v) is 7.24. The summed E-state index contributed by atoms with van der Waals surface area (Å²) in [6, 6.07) is 4.42. The Morgan fingerprint density at radius 1 is 1.26 bits per heavy atom. The number of hydrogen-bond acceptors (Lipinski definition) is 3. The van der Waals surface area contributed by atoms with Crippen molar-refractivity contribution >= 4 is 0 Å². The first kappa shape index (κ1) is 12.9. The maximum absolute atomic E-state index is 6.48. The summed E-state index contributed by atoms with van der Waals surface area (Å²) >= 11 is 0. The van der Waals surface area contributed by atoms with Gasteiger partial charge < -0.3 is 15.4 Å². The van der Waals surface area contributed by atoms with Crippen LogP contribution in [0.25, 0.3) is 0 Å². The van der Waals surface area contributed by atoms with Gasteiger partial charge in [-0.05, 0) is 44.9 Å². The summed E-state index contributed by atoms with van der Waals surface area (Å²) in [4.78, 5) is 2.37. The second-order valence-electron chi connectivity index (χ2n) is 6.32. The van der Waals surface area contributed by atoms with E-state index in [0.717, 1.165) is 38.1 Å².